The number of hydrogen-bond donors (Lipinski definition) is 1. The zero-order valence-corrected chi connectivity index (χ0v) is 17.0. The Morgan fingerprint density at radius 3 is 2.82 bits per heavy atom. The van der Waals surface area contributed by atoms with Gasteiger partial charge in [0.1, 0.15) is 12.8 Å². The third-order valence-corrected chi connectivity index (χ3v) is 8.33. The maximum absolute atomic E-state index is 15.1. The molecule has 5 heteroatoms. The van der Waals surface area contributed by atoms with Crippen molar-refractivity contribution in [1.29, 1.82) is 0 Å². The number of ether oxygens (including phenoxy) is 1. The van der Waals surface area contributed by atoms with Gasteiger partial charge in [-0.1, -0.05) is 19.4 Å². The number of carbonyl (C=O) groups is 2. The fraction of sp³-hybridized carbons (Fsp3) is 0.739. The van der Waals surface area contributed by atoms with Crippen LogP contribution in [0.15, 0.2) is 23.3 Å². The maximum atomic E-state index is 15.1. The molecule has 3 saturated carbocycles. The summed E-state index contributed by atoms with van der Waals surface area (Å²) < 4.78 is 20.1. The Bertz CT molecular complexity index is 756. The quantitative estimate of drug-likeness (QED) is 0.573. The molecule has 0 bridgehead atoms. The number of hydrogen-bond acceptors (Lipinski definition) is 4. The van der Waals surface area contributed by atoms with E-state index < -0.39 is 17.7 Å². The summed E-state index contributed by atoms with van der Waals surface area (Å²) in [6.45, 7) is 5.72. The van der Waals surface area contributed by atoms with Crippen LogP contribution < -0.4 is 0 Å². The van der Waals surface area contributed by atoms with Crippen LogP contribution in [0.2, 0.25) is 0 Å². The summed E-state index contributed by atoms with van der Waals surface area (Å²) in [6, 6.07) is 0. The average molecular weight is 390 g/mol. The van der Waals surface area contributed by atoms with E-state index in [-0.39, 0.29) is 41.5 Å². The van der Waals surface area contributed by atoms with Crippen LogP contribution in [0, 0.1) is 28.6 Å². The van der Waals surface area contributed by atoms with E-state index >= 15 is 4.39 Å². The van der Waals surface area contributed by atoms with Gasteiger partial charge in [-0.15, -0.1) is 0 Å². The highest BCUT2D eigenvalue weighted by Crippen LogP contribution is 2.66. The molecule has 0 spiro atoms. The Labute approximate surface area is 166 Å². The van der Waals surface area contributed by atoms with Gasteiger partial charge in [0, 0.05) is 13.3 Å². The van der Waals surface area contributed by atoms with Gasteiger partial charge in [0.05, 0.1) is 6.10 Å². The summed E-state index contributed by atoms with van der Waals surface area (Å²) in [7, 11) is 0. The standard InChI is InChI=1S/C23H31FO4/c1-13(25)28-9-7-17-19(24)11-18-16-5-4-14-10-15(26)6-8-22(14,2)21(16)20(27)12-23(17,18)3/h7,10,16,18-21,27H,4-6,8-9,11-12H2,1-3H3/t16-,18-,19+,20-,21+,22-,23+/m0/s1. The number of esters is 1. The molecule has 28 heavy (non-hydrogen) atoms. The first kappa shape index (κ1) is 19.8. The van der Waals surface area contributed by atoms with Crippen LogP contribution in [0.3, 0.4) is 0 Å². The molecule has 0 radical (unpaired) electrons. The van der Waals surface area contributed by atoms with Gasteiger partial charge < -0.3 is 9.84 Å². The second-order valence-corrected chi connectivity index (χ2v) is 9.74. The molecular weight excluding hydrogens is 359 g/mol. The molecule has 0 amide bonds. The highest BCUT2D eigenvalue weighted by atomic mass is 19.1. The molecule has 0 heterocycles. The molecule has 3 fully saturated rings. The predicted molar refractivity (Wildman–Crippen MR) is 103 cm³/mol. The van der Waals surface area contributed by atoms with E-state index in [1.165, 1.54) is 12.5 Å². The number of fused-ring (bicyclic) bond motifs is 5. The number of aliphatic hydroxyl groups excluding tert-OH is 1. The number of ketones is 1. The van der Waals surface area contributed by atoms with Crippen molar-refractivity contribution in [3.63, 3.8) is 0 Å². The van der Waals surface area contributed by atoms with Crippen molar-refractivity contribution in [3.8, 4) is 0 Å². The minimum absolute atomic E-state index is 0.0821. The summed E-state index contributed by atoms with van der Waals surface area (Å²) in [5, 5.41) is 11.3. The number of halogens is 1. The van der Waals surface area contributed by atoms with Crippen LogP contribution in [0.5, 0.6) is 0 Å². The van der Waals surface area contributed by atoms with E-state index in [4.69, 9.17) is 4.74 Å². The molecular formula is C23H31FO4. The van der Waals surface area contributed by atoms with Gasteiger partial charge in [-0.3, -0.25) is 9.59 Å². The molecule has 4 aliphatic rings. The van der Waals surface area contributed by atoms with Gasteiger partial charge in [-0.2, -0.15) is 0 Å². The normalized spacial score (nSPS) is 46.5. The molecule has 7 atom stereocenters. The fourth-order valence-electron chi connectivity index (χ4n) is 7.12. The summed E-state index contributed by atoms with van der Waals surface area (Å²) in [5.41, 5.74) is 1.32. The van der Waals surface area contributed by atoms with Crippen molar-refractivity contribution >= 4 is 11.8 Å². The van der Waals surface area contributed by atoms with E-state index in [2.05, 4.69) is 13.8 Å². The van der Waals surface area contributed by atoms with E-state index in [9.17, 15) is 14.7 Å². The molecule has 4 rings (SSSR count). The Morgan fingerprint density at radius 2 is 2.11 bits per heavy atom. The first-order valence-corrected chi connectivity index (χ1v) is 10.6. The van der Waals surface area contributed by atoms with Crippen molar-refractivity contribution in [2.24, 2.45) is 28.6 Å². The zero-order chi connectivity index (χ0) is 20.3. The number of aliphatic hydroxyl groups is 1. The lowest BCUT2D eigenvalue weighted by atomic mass is 9.46. The molecule has 0 saturated heterocycles. The minimum atomic E-state index is -1.05. The summed E-state index contributed by atoms with van der Waals surface area (Å²) >= 11 is 0. The van der Waals surface area contributed by atoms with Crippen molar-refractivity contribution in [1.82, 2.24) is 0 Å². The van der Waals surface area contributed by atoms with Gasteiger partial charge in [-0.25, -0.2) is 4.39 Å². The van der Waals surface area contributed by atoms with Crippen LogP contribution >= 0.6 is 0 Å². The lowest BCUT2D eigenvalue weighted by Crippen LogP contribution is -2.55. The van der Waals surface area contributed by atoms with Gasteiger partial charge in [0.25, 0.3) is 0 Å². The van der Waals surface area contributed by atoms with E-state index in [1.54, 1.807) is 6.08 Å². The SMILES string of the molecule is CC(=O)OCC=C1[C@H](F)C[C@H]2[C@@H]3CCC4=CC(=O)CC[C@]4(C)[C@H]3[C@@H](O)C[C@]12C. The summed E-state index contributed by atoms with van der Waals surface area (Å²) in [6.07, 6.45) is 6.08. The van der Waals surface area contributed by atoms with Crippen molar-refractivity contribution in [2.75, 3.05) is 6.61 Å². The molecule has 154 valence electrons. The Hall–Kier alpha value is -1.49. The minimum Gasteiger partial charge on any atom is -0.462 e. The predicted octanol–water partition coefficient (Wildman–Crippen LogP) is 3.93. The van der Waals surface area contributed by atoms with Crippen molar-refractivity contribution in [3.05, 3.63) is 23.3 Å². The number of carbonyl (C=O) groups excluding carboxylic acids is 2. The third kappa shape index (κ3) is 2.89. The first-order chi connectivity index (χ1) is 13.2. The molecule has 0 aromatic rings. The van der Waals surface area contributed by atoms with E-state index in [0.717, 1.165) is 19.3 Å². The molecule has 0 aliphatic heterocycles. The lowest BCUT2D eigenvalue weighted by molar-refractivity contribution is -0.139. The van der Waals surface area contributed by atoms with E-state index in [1.807, 2.05) is 6.08 Å². The largest absolute Gasteiger partial charge is 0.462 e. The second kappa shape index (κ2) is 6.79. The molecule has 0 unspecified atom stereocenters. The molecule has 1 N–H and O–H groups in total. The molecule has 0 aromatic heterocycles. The summed E-state index contributed by atoms with van der Waals surface area (Å²) in [5.74, 6) is 0.333. The topological polar surface area (TPSA) is 63.6 Å². The average Bonchev–Trinajstić information content (AvgIpc) is 2.85. The third-order valence-electron chi connectivity index (χ3n) is 8.33. The van der Waals surface area contributed by atoms with Crippen molar-refractivity contribution in [2.45, 2.75) is 71.6 Å². The van der Waals surface area contributed by atoms with E-state index in [0.29, 0.717) is 24.8 Å². The van der Waals surface area contributed by atoms with Crippen LogP contribution in [-0.4, -0.2) is 35.7 Å². The van der Waals surface area contributed by atoms with Crippen LogP contribution in [0.25, 0.3) is 0 Å². The highest BCUT2D eigenvalue weighted by molar-refractivity contribution is 5.91. The smallest absolute Gasteiger partial charge is 0.302 e. The molecule has 0 aromatic carbocycles. The highest BCUT2D eigenvalue weighted by Gasteiger charge is 2.62. The Morgan fingerprint density at radius 1 is 1.36 bits per heavy atom. The second-order valence-electron chi connectivity index (χ2n) is 9.74. The molecule has 4 nitrogen and oxygen atoms in total. The monoisotopic (exact) mass is 390 g/mol. The number of alkyl halides is 1. The van der Waals surface area contributed by atoms with Crippen LogP contribution in [0.1, 0.15) is 59.3 Å². The van der Waals surface area contributed by atoms with Gasteiger partial charge in [0.2, 0.25) is 0 Å². The first-order valence-electron chi connectivity index (χ1n) is 10.6. The van der Waals surface area contributed by atoms with Gasteiger partial charge >= 0.3 is 5.97 Å². The number of allylic oxidation sites excluding steroid dienone is 2. The Kier molecular flexibility index (Phi) is 4.80. The van der Waals surface area contributed by atoms with Crippen LogP contribution in [-0.2, 0) is 14.3 Å². The Balaban J connectivity index is 1.66. The van der Waals surface area contributed by atoms with Gasteiger partial charge in [-0.05, 0) is 78.4 Å². The van der Waals surface area contributed by atoms with Crippen molar-refractivity contribution < 1.29 is 23.8 Å². The molecule has 4 aliphatic carbocycles. The zero-order valence-electron chi connectivity index (χ0n) is 17.0. The van der Waals surface area contributed by atoms with Crippen LogP contribution in [0.4, 0.5) is 4.39 Å². The summed E-state index contributed by atoms with van der Waals surface area (Å²) in [4.78, 5) is 23.0. The fourth-order valence-corrected chi connectivity index (χ4v) is 7.12. The maximum Gasteiger partial charge on any atom is 0.302 e. The number of rotatable bonds is 2. The van der Waals surface area contributed by atoms with Gasteiger partial charge in [0.15, 0.2) is 5.78 Å². The lowest BCUT2D eigenvalue weighted by Gasteiger charge is -2.59.